The molecular formula is C14H20N2O. The molecule has 1 atom stereocenters. The Morgan fingerprint density at radius 1 is 1.47 bits per heavy atom. The van der Waals surface area contributed by atoms with Crippen LogP contribution in [0, 0.1) is 0 Å². The number of nitrogens with one attached hydrogen (secondary N) is 2. The maximum atomic E-state index is 11.5. The molecule has 1 aromatic carbocycles. The molecule has 1 heterocycles. The van der Waals surface area contributed by atoms with E-state index < -0.39 is 0 Å². The smallest absolute Gasteiger partial charge is 0.220 e. The second-order valence-electron chi connectivity index (χ2n) is 4.45. The third-order valence-corrected chi connectivity index (χ3v) is 3.25. The molecule has 1 amide bonds. The summed E-state index contributed by atoms with van der Waals surface area (Å²) in [5.41, 5.74) is 2.79. The molecule has 0 saturated heterocycles. The highest BCUT2D eigenvalue weighted by Crippen LogP contribution is 2.25. The summed E-state index contributed by atoms with van der Waals surface area (Å²) in [5, 5.41) is 6.34. The minimum Gasteiger partial charge on any atom is -0.356 e. The average molecular weight is 232 g/mol. The van der Waals surface area contributed by atoms with Crippen LogP contribution in [0.1, 0.15) is 36.9 Å². The van der Waals surface area contributed by atoms with Crippen LogP contribution in [-0.2, 0) is 11.2 Å². The predicted octanol–water partition coefficient (Wildman–Crippen LogP) is 1.79. The monoisotopic (exact) mass is 232 g/mol. The molecule has 0 aliphatic carbocycles. The van der Waals surface area contributed by atoms with Gasteiger partial charge in [-0.2, -0.15) is 0 Å². The summed E-state index contributed by atoms with van der Waals surface area (Å²) < 4.78 is 0. The molecule has 1 aromatic rings. The van der Waals surface area contributed by atoms with Gasteiger partial charge >= 0.3 is 0 Å². The summed E-state index contributed by atoms with van der Waals surface area (Å²) in [6.07, 6.45) is 2.57. The quantitative estimate of drug-likeness (QED) is 0.831. The van der Waals surface area contributed by atoms with Gasteiger partial charge in [-0.25, -0.2) is 0 Å². The average Bonchev–Trinajstić information content (AvgIpc) is 2.36. The maximum absolute atomic E-state index is 11.5. The lowest BCUT2D eigenvalue weighted by Gasteiger charge is -2.26. The Morgan fingerprint density at radius 3 is 3.12 bits per heavy atom. The summed E-state index contributed by atoms with van der Waals surface area (Å²) in [5.74, 6) is 0.150. The van der Waals surface area contributed by atoms with Crippen molar-refractivity contribution in [1.82, 2.24) is 10.6 Å². The second kappa shape index (κ2) is 5.82. The van der Waals surface area contributed by atoms with Gasteiger partial charge in [0.05, 0.1) is 0 Å². The first kappa shape index (κ1) is 12.1. The van der Waals surface area contributed by atoms with Crippen LogP contribution in [0.15, 0.2) is 24.3 Å². The molecule has 0 spiro atoms. The number of rotatable bonds is 4. The van der Waals surface area contributed by atoms with Gasteiger partial charge in [-0.15, -0.1) is 0 Å². The number of benzene rings is 1. The highest BCUT2D eigenvalue weighted by Gasteiger charge is 2.19. The van der Waals surface area contributed by atoms with Gasteiger partial charge in [0.15, 0.2) is 0 Å². The second-order valence-corrected chi connectivity index (χ2v) is 4.45. The van der Waals surface area contributed by atoms with Crippen molar-refractivity contribution in [1.29, 1.82) is 0 Å². The fraction of sp³-hybridized carbons (Fsp3) is 0.500. The highest BCUT2D eigenvalue weighted by molar-refractivity contribution is 5.75. The Labute approximate surface area is 103 Å². The molecule has 1 aliphatic rings. The van der Waals surface area contributed by atoms with E-state index in [1.807, 2.05) is 6.92 Å². The first-order valence-electron chi connectivity index (χ1n) is 6.39. The van der Waals surface area contributed by atoms with Crippen LogP contribution in [0.5, 0.6) is 0 Å². The van der Waals surface area contributed by atoms with Gasteiger partial charge in [0, 0.05) is 19.0 Å². The van der Waals surface area contributed by atoms with E-state index in [0.717, 1.165) is 19.4 Å². The van der Waals surface area contributed by atoms with Crippen LogP contribution in [-0.4, -0.2) is 19.0 Å². The van der Waals surface area contributed by atoms with Crippen molar-refractivity contribution in [3.8, 4) is 0 Å². The Balaban J connectivity index is 1.97. The zero-order valence-corrected chi connectivity index (χ0v) is 10.3. The Hall–Kier alpha value is -1.35. The highest BCUT2D eigenvalue weighted by atomic mass is 16.1. The van der Waals surface area contributed by atoms with E-state index in [4.69, 9.17) is 0 Å². The molecule has 3 nitrogen and oxygen atoms in total. The Bertz CT molecular complexity index is 390. The third kappa shape index (κ3) is 3.07. The number of carbonyl (C=O) groups is 1. The van der Waals surface area contributed by atoms with Crippen LogP contribution >= 0.6 is 0 Å². The minimum absolute atomic E-state index is 0.150. The summed E-state index contributed by atoms with van der Waals surface area (Å²) >= 11 is 0. The summed E-state index contributed by atoms with van der Waals surface area (Å²) in [7, 11) is 0. The number of carbonyl (C=O) groups excluding carboxylic acids is 1. The van der Waals surface area contributed by atoms with Crippen LogP contribution in [0.2, 0.25) is 0 Å². The van der Waals surface area contributed by atoms with E-state index in [2.05, 4.69) is 34.9 Å². The summed E-state index contributed by atoms with van der Waals surface area (Å²) in [4.78, 5) is 11.5. The minimum atomic E-state index is 0.150. The fourth-order valence-corrected chi connectivity index (χ4v) is 2.41. The van der Waals surface area contributed by atoms with E-state index in [-0.39, 0.29) is 5.91 Å². The molecule has 0 saturated carbocycles. The SMILES string of the molecule is CCNC(=O)CCC1NCCc2ccccc21. The molecule has 2 N–H and O–H groups in total. The largest absolute Gasteiger partial charge is 0.356 e. The van der Waals surface area contributed by atoms with Crippen LogP contribution in [0.25, 0.3) is 0 Å². The topological polar surface area (TPSA) is 41.1 Å². The molecule has 0 aromatic heterocycles. The van der Waals surface area contributed by atoms with E-state index >= 15 is 0 Å². The normalized spacial score (nSPS) is 18.5. The molecular weight excluding hydrogens is 212 g/mol. The molecule has 0 fully saturated rings. The maximum Gasteiger partial charge on any atom is 0.220 e. The molecule has 3 heteroatoms. The van der Waals surface area contributed by atoms with Gasteiger partial charge < -0.3 is 10.6 Å². The summed E-state index contributed by atoms with van der Waals surface area (Å²) in [6, 6.07) is 8.86. The van der Waals surface area contributed by atoms with E-state index in [0.29, 0.717) is 19.0 Å². The zero-order chi connectivity index (χ0) is 12.1. The van der Waals surface area contributed by atoms with Gasteiger partial charge in [0.2, 0.25) is 5.91 Å². The summed E-state index contributed by atoms with van der Waals surface area (Å²) in [6.45, 7) is 3.68. The van der Waals surface area contributed by atoms with Crippen LogP contribution < -0.4 is 10.6 Å². The van der Waals surface area contributed by atoms with Crippen LogP contribution in [0.4, 0.5) is 0 Å². The first-order chi connectivity index (χ1) is 8.31. The first-order valence-corrected chi connectivity index (χ1v) is 6.39. The third-order valence-electron chi connectivity index (χ3n) is 3.25. The van der Waals surface area contributed by atoms with Crippen molar-refractivity contribution in [2.45, 2.75) is 32.2 Å². The molecule has 0 bridgehead atoms. The van der Waals surface area contributed by atoms with Gasteiger partial charge in [-0.1, -0.05) is 24.3 Å². The van der Waals surface area contributed by atoms with Crippen molar-refractivity contribution in [2.75, 3.05) is 13.1 Å². The predicted molar refractivity (Wildman–Crippen MR) is 68.8 cm³/mol. The van der Waals surface area contributed by atoms with E-state index in [1.54, 1.807) is 0 Å². The van der Waals surface area contributed by atoms with E-state index in [9.17, 15) is 4.79 Å². The lowest BCUT2D eigenvalue weighted by Crippen LogP contribution is -2.31. The molecule has 1 unspecified atom stereocenters. The van der Waals surface area contributed by atoms with Gasteiger partial charge in [0.1, 0.15) is 0 Å². The van der Waals surface area contributed by atoms with E-state index in [1.165, 1.54) is 11.1 Å². The van der Waals surface area contributed by atoms with Crippen molar-refractivity contribution in [2.24, 2.45) is 0 Å². The van der Waals surface area contributed by atoms with Crippen molar-refractivity contribution >= 4 is 5.91 Å². The van der Waals surface area contributed by atoms with Gasteiger partial charge in [-0.05, 0) is 37.4 Å². The van der Waals surface area contributed by atoms with Crippen molar-refractivity contribution in [3.05, 3.63) is 35.4 Å². The Kier molecular flexibility index (Phi) is 4.15. The number of amides is 1. The Morgan fingerprint density at radius 2 is 2.29 bits per heavy atom. The number of hydrogen-bond acceptors (Lipinski definition) is 2. The van der Waals surface area contributed by atoms with Crippen molar-refractivity contribution in [3.63, 3.8) is 0 Å². The van der Waals surface area contributed by atoms with Crippen molar-refractivity contribution < 1.29 is 4.79 Å². The number of fused-ring (bicyclic) bond motifs is 1. The molecule has 92 valence electrons. The number of hydrogen-bond donors (Lipinski definition) is 2. The lowest BCUT2D eigenvalue weighted by molar-refractivity contribution is -0.121. The van der Waals surface area contributed by atoms with Crippen LogP contribution in [0.3, 0.4) is 0 Å². The van der Waals surface area contributed by atoms with Gasteiger partial charge in [0.25, 0.3) is 0 Å². The standard InChI is InChI=1S/C14H20N2O/c1-2-15-14(17)8-7-13-12-6-4-3-5-11(12)9-10-16-13/h3-6,13,16H,2,7-10H2,1H3,(H,15,17). The molecule has 2 rings (SSSR count). The lowest BCUT2D eigenvalue weighted by atomic mass is 9.92. The van der Waals surface area contributed by atoms with Gasteiger partial charge in [-0.3, -0.25) is 4.79 Å². The molecule has 0 radical (unpaired) electrons. The molecule has 17 heavy (non-hydrogen) atoms. The molecule has 1 aliphatic heterocycles. The zero-order valence-electron chi connectivity index (χ0n) is 10.3. The fourth-order valence-electron chi connectivity index (χ4n) is 2.41.